The number of nitrogens with zero attached hydrogens (tertiary/aromatic N) is 2. The minimum atomic E-state index is -0.773. The van der Waals surface area contributed by atoms with Crippen LogP contribution in [0.2, 0.25) is 0 Å². The van der Waals surface area contributed by atoms with E-state index in [1.54, 1.807) is 48.4 Å². The Bertz CT molecular complexity index is 1240. The quantitative estimate of drug-likeness (QED) is 0.144. The van der Waals surface area contributed by atoms with Gasteiger partial charge in [0.15, 0.2) is 11.5 Å². The first kappa shape index (κ1) is 31.4. The average molecular weight is 581 g/mol. The summed E-state index contributed by atoms with van der Waals surface area (Å²) in [5.74, 6) is 0.604. The van der Waals surface area contributed by atoms with Gasteiger partial charge in [0.2, 0.25) is 0 Å². The van der Waals surface area contributed by atoms with Crippen LogP contribution in [0.1, 0.15) is 57.2 Å². The van der Waals surface area contributed by atoms with E-state index < -0.39 is 17.7 Å². The van der Waals surface area contributed by atoms with Crippen molar-refractivity contribution in [2.75, 3.05) is 59.7 Å². The van der Waals surface area contributed by atoms with E-state index in [1.807, 2.05) is 6.07 Å². The van der Waals surface area contributed by atoms with E-state index in [0.717, 1.165) is 32.5 Å². The topological polar surface area (TPSA) is 97.8 Å². The third-order valence-corrected chi connectivity index (χ3v) is 7.49. The van der Waals surface area contributed by atoms with E-state index in [4.69, 9.17) is 18.9 Å². The minimum Gasteiger partial charge on any atom is -0.507 e. The minimum absolute atomic E-state index is 0.0592. The highest BCUT2D eigenvalue weighted by Gasteiger charge is 2.46. The van der Waals surface area contributed by atoms with Crippen LogP contribution in [0, 0.1) is 5.92 Å². The number of benzene rings is 2. The summed E-state index contributed by atoms with van der Waals surface area (Å²) < 4.78 is 22.8. The number of rotatable bonds is 14. The number of hydrogen-bond donors (Lipinski definition) is 1. The van der Waals surface area contributed by atoms with Gasteiger partial charge in [-0.15, -0.1) is 0 Å². The van der Waals surface area contributed by atoms with Crippen LogP contribution in [-0.4, -0.2) is 86.3 Å². The summed E-state index contributed by atoms with van der Waals surface area (Å²) >= 11 is 0. The second-order valence-electron chi connectivity index (χ2n) is 11.1. The van der Waals surface area contributed by atoms with Gasteiger partial charge >= 0.3 is 0 Å². The molecule has 2 heterocycles. The molecule has 0 aromatic heterocycles. The molecule has 1 unspecified atom stereocenters. The van der Waals surface area contributed by atoms with E-state index >= 15 is 0 Å². The van der Waals surface area contributed by atoms with Crippen molar-refractivity contribution in [1.29, 1.82) is 0 Å². The van der Waals surface area contributed by atoms with E-state index in [2.05, 4.69) is 25.7 Å². The molecule has 0 bridgehead atoms. The van der Waals surface area contributed by atoms with Crippen molar-refractivity contribution in [3.05, 3.63) is 59.2 Å². The van der Waals surface area contributed by atoms with Crippen molar-refractivity contribution < 1.29 is 33.6 Å². The van der Waals surface area contributed by atoms with Gasteiger partial charge in [-0.1, -0.05) is 33.3 Å². The second-order valence-corrected chi connectivity index (χ2v) is 11.1. The highest BCUT2D eigenvalue weighted by Crippen LogP contribution is 2.42. The zero-order chi connectivity index (χ0) is 30.1. The van der Waals surface area contributed by atoms with Crippen LogP contribution in [-0.2, 0) is 14.3 Å². The fraction of sp³-hybridized carbons (Fsp3) is 0.515. The smallest absolute Gasteiger partial charge is 0.295 e. The van der Waals surface area contributed by atoms with E-state index in [9.17, 15) is 14.7 Å². The number of ether oxygens (including phenoxy) is 4. The Balaban J connectivity index is 1.67. The van der Waals surface area contributed by atoms with E-state index in [0.29, 0.717) is 73.7 Å². The van der Waals surface area contributed by atoms with Gasteiger partial charge in [-0.05, 0) is 60.7 Å². The molecular weight excluding hydrogens is 536 g/mol. The van der Waals surface area contributed by atoms with Gasteiger partial charge in [0, 0.05) is 31.7 Å². The summed E-state index contributed by atoms with van der Waals surface area (Å²) in [5.41, 5.74) is 1.16. The lowest BCUT2D eigenvalue weighted by Crippen LogP contribution is -2.39. The highest BCUT2D eigenvalue weighted by atomic mass is 16.5. The number of ketones is 1. The molecule has 1 amide bonds. The van der Waals surface area contributed by atoms with Gasteiger partial charge in [0.1, 0.15) is 11.5 Å². The zero-order valence-electron chi connectivity index (χ0n) is 25.3. The Morgan fingerprint density at radius 2 is 1.74 bits per heavy atom. The monoisotopic (exact) mass is 580 g/mol. The zero-order valence-corrected chi connectivity index (χ0v) is 25.3. The largest absolute Gasteiger partial charge is 0.507 e. The fourth-order valence-corrected chi connectivity index (χ4v) is 5.17. The number of carbonyl (C=O) groups is 2. The third kappa shape index (κ3) is 7.63. The van der Waals surface area contributed by atoms with Crippen LogP contribution in [0.25, 0.3) is 5.76 Å². The Hall–Kier alpha value is -3.56. The molecule has 228 valence electrons. The summed E-state index contributed by atoms with van der Waals surface area (Å²) in [6.07, 6.45) is 2.60. The number of hydrogen-bond acceptors (Lipinski definition) is 8. The Morgan fingerprint density at radius 1 is 1.00 bits per heavy atom. The van der Waals surface area contributed by atoms with Crippen LogP contribution in [0.3, 0.4) is 0 Å². The molecule has 2 fully saturated rings. The molecule has 0 radical (unpaired) electrons. The van der Waals surface area contributed by atoms with E-state index in [-0.39, 0.29) is 11.3 Å². The molecule has 0 saturated carbocycles. The summed E-state index contributed by atoms with van der Waals surface area (Å²) in [5, 5.41) is 11.5. The Morgan fingerprint density at radius 3 is 2.40 bits per heavy atom. The summed E-state index contributed by atoms with van der Waals surface area (Å²) in [6, 6.07) is 11.6. The molecule has 1 atom stereocenters. The Labute approximate surface area is 249 Å². The molecule has 0 aliphatic carbocycles. The first-order valence-corrected chi connectivity index (χ1v) is 15.0. The van der Waals surface area contributed by atoms with Gasteiger partial charge in [0.05, 0.1) is 45.2 Å². The molecule has 9 nitrogen and oxygen atoms in total. The van der Waals surface area contributed by atoms with E-state index in [1.165, 1.54) is 0 Å². The predicted molar refractivity (Wildman–Crippen MR) is 161 cm³/mol. The van der Waals surface area contributed by atoms with Gasteiger partial charge in [0.25, 0.3) is 11.7 Å². The van der Waals surface area contributed by atoms with Crippen molar-refractivity contribution in [1.82, 2.24) is 9.80 Å². The summed E-state index contributed by atoms with van der Waals surface area (Å²) in [7, 11) is 1.56. The number of carbonyl (C=O) groups excluding carboxylic acids is 2. The number of morpholine rings is 1. The molecule has 42 heavy (non-hydrogen) atoms. The summed E-state index contributed by atoms with van der Waals surface area (Å²) in [4.78, 5) is 30.8. The normalized spacial score (nSPS) is 19.0. The number of unbranched alkanes of at least 4 members (excludes halogenated alkanes) is 1. The number of aliphatic hydroxyl groups is 1. The molecule has 2 aromatic carbocycles. The van der Waals surface area contributed by atoms with Gasteiger partial charge < -0.3 is 29.0 Å². The van der Waals surface area contributed by atoms with Crippen molar-refractivity contribution in [3.63, 3.8) is 0 Å². The third-order valence-electron chi connectivity index (χ3n) is 7.49. The highest BCUT2D eigenvalue weighted by molar-refractivity contribution is 6.46. The molecule has 2 saturated heterocycles. The lowest BCUT2D eigenvalue weighted by Gasteiger charge is -2.29. The number of likely N-dealkylation sites (tertiary alicyclic amines) is 1. The molecule has 4 rings (SSSR count). The number of Topliss-reactive ketones (excluding diaryl/α,β-unsaturated/α-hetero) is 1. The van der Waals surface area contributed by atoms with Gasteiger partial charge in [-0.25, -0.2) is 0 Å². The van der Waals surface area contributed by atoms with Gasteiger partial charge in [-0.2, -0.15) is 0 Å². The maximum atomic E-state index is 13.5. The maximum absolute atomic E-state index is 13.5. The van der Waals surface area contributed by atoms with Crippen molar-refractivity contribution in [3.8, 4) is 17.2 Å². The van der Waals surface area contributed by atoms with Crippen molar-refractivity contribution in [2.45, 2.75) is 46.1 Å². The molecular formula is C33H44N2O7. The number of methoxy groups -OCH3 is 1. The summed E-state index contributed by atoms with van der Waals surface area (Å²) in [6.45, 7) is 11.6. The van der Waals surface area contributed by atoms with Crippen LogP contribution in [0.15, 0.2) is 48.0 Å². The number of amides is 1. The van der Waals surface area contributed by atoms with Crippen molar-refractivity contribution >= 4 is 17.4 Å². The molecule has 1 N–H and O–H groups in total. The molecule has 9 heteroatoms. The fourth-order valence-electron chi connectivity index (χ4n) is 5.17. The second kappa shape index (κ2) is 15.1. The SMILES string of the molecule is CCCCOc1ccc(C2/C(=C(\O)c3ccc(OCC(C)C)cc3)C(=O)C(=O)N2CCCN2CCOCC2)cc1OC. The van der Waals surface area contributed by atoms with Crippen LogP contribution in [0.5, 0.6) is 17.2 Å². The Kier molecular flexibility index (Phi) is 11.3. The molecule has 2 aliphatic heterocycles. The van der Waals surface area contributed by atoms with Crippen molar-refractivity contribution in [2.24, 2.45) is 5.92 Å². The standard InChI is InChI=1S/C33H44N2O7/c1-5-6-18-41-27-13-10-25(21-28(27)39-4)30-29(31(36)24-8-11-26(12-9-24)42-22-23(2)3)32(37)33(38)35(30)15-7-14-34-16-19-40-20-17-34/h8-13,21,23,30,36H,5-7,14-20,22H2,1-4H3/b31-29+. The lowest BCUT2D eigenvalue weighted by atomic mass is 9.95. The van der Waals surface area contributed by atoms with Crippen LogP contribution < -0.4 is 14.2 Å². The first-order valence-electron chi connectivity index (χ1n) is 15.0. The lowest BCUT2D eigenvalue weighted by molar-refractivity contribution is -0.140. The predicted octanol–water partition coefficient (Wildman–Crippen LogP) is 5.05. The van der Waals surface area contributed by atoms with Crippen LogP contribution in [0.4, 0.5) is 0 Å². The first-order chi connectivity index (χ1) is 20.3. The maximum Gasteiger partial charge on any atom is 0.295 e. The molecule has 2 aliphatic rings. The molecule has 0 spiro atoms. The molecule has 2 aromatic rings. The average Bonchev–Trinajstić information content (AvgIpc) is 3.25. The number of aliphatic hydroxyl groups excluding tert-OH is 1. The van der Waals surface area contributed by atoms with Crippen LogP contribution >= 0.6 is 0 Å². The van der Waals surface area contributed by atoms with Gasteiger partial charge in [-0.3, -0.25) is 14.5 Å².